The number of carbonyl (C=O) groups excluding carboxylic acids is 1. The fourth-order valence-electron chi connectivity index (χ4n) is 0.644. The molecule has 0 radical (unpaired) electrons. The Balaban J connectivity index is 2.74. The minimum Gasteiger partial charge on any atom is -0.298 e. The van der Waals surface area contributed by atoms with Crippen LogP contribution in [0.15, 0.2) is 12.3 Å². The largest absolute Gasteiger partial charge is 0.298 e. The first-order chi connectivity index (χ1) is 4.70. The Morgan fingerprint density at radius 3 is 3.00 bits per heavy atom. The molecule has 0 atom stereocenters. The first-order valence-corrected chi connectivity index (χ1v) is 3.24. The molecule has 0 aliphatic carbocycles. The number of hydrogen-bond acceptors (Lipinski definition) is 2. The fourth-order valence-corrected chi connectivity index (χ4v) is 0.804. The topological polar surface area (TPSA) is 34.9 Å². The van der Waals surface area contributed by atoms with E-state index in [-0.39, 0.29) is 12.3 Å². The van der Waals surface area contributed by atoms with Gasteiger partial charge in [0.15, 0.2) is 5.78 Å². The van der Waals surface area contributed by atoms with Crippen molar-refractivity contribution in [2.45, 2.75) is 13.5 Å². The van der Waals surface area contributed by atoms with E-state index in [4.69, 9.17) is 11.6 Å². The number of hydrogen-bond donors (Lipinski definition) is 0. The summed E-state index contributed by atoms with van der Waals surface area (Å²) in [4.78, 5) is 10.5. The van der Waals surface area contributed by atoms with Gasteiger partial charge in [-0.1, -0.05) is 11.6 Å². The summed E-state index contributed by atoms with van der Waals surface area (Å²) in [5.41, 5.74) is 0. The van der Waals surface area contributed by atoms with Crippen molar-refractivity contribution >= 4 is 17.4 Å². The molecule has 0 fully saturated rings. The molecule has 0 bridgehead atoms. The number of ketones is 1. The van der Waals surface area contributed by atoms with E-state index >= 15 is 0 Å². The van der Waals surface area contributed by atoms with Crippen LogP contribution < -0.4 is 0 Å². The lowest BCUT2D eigenvalue weighted by molar-refractivity contribution is -0.117. The Bertz CT molecular complexity index is 244. The van der Waals surface area contributed by atoms with Gasteiger partial charge in [-0.05, 0) is 13.0 Å². The molecule has 54 valence electrons. The normalized spacial score (nSPS) is 9.80. The number of halogens is 1. The van der Waals surface area contributed by atoms with Crippen LogP contribution in [0.3, 0.4) is 0 Å². The predicted octanol–water partition coefficient (Wildman–Crippen LogP) is 1.13. The van der Waals surface area contributed by atoms with Gasteiger partial charge in [0.25, 0.3) is 0 Å². The highest BCUT2D eigenvalue weighted by Crippen LogP contribution is 2.05. The lowest BCUT2D eigenvalue weighted by Gasteiger charge is -1.96. The highest BCUT2D eigenvalue weighted by molar-refractivity contribution is 6.29. The van der Waals surface area contributed by atoms with E-state index in [9.17, 15) is 4.79 Å². The van der Waals surface area contributed by atoms with Crippen LogP contribution in [0.2, 0.25) is 5.15 Å². The lowest BCUT2D eigenvalue weighted by Crippen LogP contribution is -2.07. The van der Waals surface area contributed by atoms with Gasteiger partial charge in [0.2, 0.25) is 0 Å². The number of Topliss-reactive ketones (excluding diaryl/α,β-unsaturated/α-hetero) is 1. The monoisotopic (exact) mass is 158 g/mol. The van der Waals surface area contributed by atoms with E-state index in [2.05, 4.69) is 5.10 Å². The van der Waals surface area contributed by atoms with Gasteiger partial charge in [-0.15, -0.1) is 0 Å². The second-order valence-corrected chi connectivity index (χ2v) is 2.40. The first kappa shape index (κ1) is 7.28. The van der Waals surface area contributed by atoms with Crippen LogP contribution in [0, 0.1) is 0 Å². The molecule has 0 spiro atoms. The van der Waals surface area contributed by atoms with Crippen LogP contribution >= 0.6 is 11.6 Å². The summed E-state index contributed by atoms with van der Waals surface area (Å²) in [5, 5.41) is 4.32. The van der Waals surface area contributed by atoms with Crippen molar-refractivity contribution in [3.63, 3.8) is 0 Å². The summed E-state index contributed by atoms with van der Waals surface area (Å²) in [6.07, 6.45) is 1.56. The van der Waals surface area contributed by atoms with E-state index in [0.29, 0.717) is 5.15 Å². The lowest BCUT2D eigenvalue weighted by atomic mass is 10.4. The molecule has 1 heterocycles. The van der Waals surface area contributed by atoms with Gasteiger partial charge in [-0.3, -0.25) is 4.79 Å². The highest BCUT2D eigenvalue weighted by atomic mass is 35.5. The number of aromatic nitrogens is 2. The maximum absolute atomic E-state index is 10.5. The zero-order valence-corrected chi connectivity index (χ0v) is 6.30. The molecule has 0 saturated heterocycles. The number of carbonyl (C=O) groups is 1. The van der Waals surface area contributed by atoms with Crippen LogP contribution in [0.1, 0.15) is 6.92 Å². The molecular weight excluding hydrogens is 152 g/mol. The third-order valence-electron chi connectivity index (χ3n) is 1.04. The molecule has 3 nitrogen and oxygen atoms in total. The van der Waals surface area contributed by atoms with Gasteiger partial charge < -0.3 is 0 Å². The Hall–Kier alpha value is -0.830. The van der Waals surface area contributed by atoms with E-state index in [1.54, 1.807) is 12.3 Å². The van der Waals surface area contributed by atoms with Gasteiger partial charge in [-0.2, -0.15) is 5.10 Å². The Morgan fingerprint density at radius 1 is 1.90 bits per heavy atom. The quantitative estimate of drug-likeness (QED) is 0.647. The molecule has 0 unspecified atom stereocenters. The summed E-state index contributed by atoms with van der Waals surface area (Å²) >= 11 is 5.63. The predicted molar refractivity (Wildman–Crippen MR) is 37.9 cm³/mol. The van der Waals surface area contributed by atoms with Crippen LogP contribution in [0.25, 0.3) is 0 Å². The minimum atomic E-state index is 0.0469. The summed E-state index contributed by atoms with van der Waals surface area (Å²) in [5.74, 6) is 0.0469. The van der Waals surface area contributed by atoms with Gasteiger partial charge in [0.1, 0.15) is 11.7 Å². The van der Waals surface area contributed by atoms with Crippen LogP contribution in [0.4, 0.5) is 0 Å². The average molecular weight is 159 g/mol. The second-order valence-electron chi connectivity index (χ2n) is 2.01. The van der Waals surface area contributed by atoms with E-state index < -0.39 is 0 Å². The standard InChI is InChI=1S/C6H7ClN2O/c1-5(10)4-9-6(7)2-3-8-9/h2-3H,4H2,1H3. The molecule has 1 rings (SSSR count). The number of nitrogens with zero attached hydrogens (tertiary/aromatic N) is 2. The van der Waals surface area contributed by atoms with Crippen molar-refractivity contribution in [2.24, 2.45) is 0 Å². The summed E-state index contributed by atoms with van der Waals surface area (Å²) in [7, 11) is 0. The summed E-state index contributed by atoms with van der Waals surface area (Å²) in [6.45, 7) is 1.75. The van der Waals surface area contributed by atoms with E-state index in [1.807, 2.05) is 0 Å². The average Bonchev–Trinajstić information content (AvgIpc) is 2.15. The van der Waals surface area contributed by atoms with Crippen molar-refractivity contribution in [2.75, 3.05) is 0 Å². The van der Waals surface area contributed by atoms with Gasteiger partial charge in [0, 0.05) is 0 Å². The highest BCUT2D eigenvalue weighted by Gasteiger charge is 1.99. The van der Waals surface area contributed by atoms with Crippen LogP contribution in [-0.2, 0) is 11.3 Å². The SMILES string of the molecule is CC(=O)Cn1nccc1Cl. The molecule has 4 heteroatoms. The number of rotatable bonds is 2. The molecule has 0 aromatic carbocycles. The fraction of sp³-hybridized carbons (Fsp3) is 0.333. The van der Waals surface area contributed by atoms with Crippen molar-refractivity contribution in [3.05, 3.63) is 17.4 Å². The summed E-state index contributed by atoms with van der Waals surface area (Å²) in [6, 6.07) is 1.64. The van der Waals surface area contributed by atoms with Crippen molar-refractivity contribution in [3.8, 4) is 0 Å². The zero-order chi connectivity index (χ0) is 7.56. The van der Waals surface area contributed by atoms with Gasteiger partial charge >= 0.3 is 0 Å². The Morgan fingerprint density at radius 2 is 2.60 bits per heavy atom. The third-order valence-corrected chi connectivity index (χ3v) is 1.36. The van der Waals surface area contributed by atoms with Crippen molar-refractivity contribution < 1.29 is 4.79 Å². The van der Waals surface area contributed by atoms with Crippen LogP contribution in [0.5, 0.6) is 0 Å². The first-order valence-electron chi connectivity index (χ1n) is 2.87. The van der Waals surface area contributed by atoms with Crippen LogP contribution in [-0.4, -0.2) is 15.6 Å². The molecule has 0 aliphatic heterocycles. The summed E-state index contributed by atoms with van der Waals surface area (Å²) < 4.78 is 1.45. The Kier molecular flexibility index (Phi) is 2.06. The maximum atomic E-state index is 10.5. The molecule has 1 aromatic heterocycles. The van der Waals surface area contributed by atoms with Crippen molar-refractivity contribution in [1.29, 1.82) is 0 Å². The molecule has 0 aliphatic rings. The molecule has 0 N–H and O–H groups in total. The van der Waals surface area contributed by atoms with Gasteiger partial charge in [-0.25, -0.2) is 4.68 Å². The minimum absolute atomic E-state index is 0.0469. The molecule has 10 heavy (non-hydrogen) atoms. The van der Waals surface area contributed by atoms with E-state index in [0.717, 1.165) is 0 Å². The van der Waals surface area contributed by atoms with Gasteiger partial charge in [0.05, 0.1) is 6.20 Å². The smallest absolute Gasteiger partial charge is 0.151 e. The van der Waals surface area contributed by atoms with Crippen molar-refractivity contribution in [1.82, 2.24) is 9.78 Å². The Labute approximate surface area is 63.6 Å². The molecule has 0 amide bonds. The molecular formula is C6H7ClN2O. The molecule has 1 aromatic rings. The zero-order valence-electron chi connectivity index (χ0n) is 5.54. The third kappa shape index (κ3) is 1.57. The molecule has 0 saturated carbocycles. The maximum Gasteiger partial charge on any atom is 0.151 e. The second kappa shape index (κ2) is 2.84. The van der Waals surface area contributed by atoms with E-state index in [1.165, 1.54) is 11.6 Å².